The van der Waals surface area contributed by atoms with E-state index in [1.54, 1.807) is 12.1 Å². The van der Waals surface area contributed by atoms with Gasteiger partial charge in [0.15, 0.2) is 0 Å². The van der Waals surface area contributed by atoms with Gasteiger partial charge in [0.1, 0.15) is 13.1 Å². The summed E-state index contributed by atoms with van der Waals surface area (Å²) in [5.41, 5.74) is 2.31. The Morgan fingerprint density at radius 1 is 0.810 bits per heavy atom. The van der Waals surface area contributed by atoms with Gasteiger partial charge in [0.25, 0.3) is 0 Å². The third kappa shape index (κ3) is 3.82. The van der Waals surface area contributed by atoms with E-state index in [1.165, 1.54) is 4.90 Å². The molecule has 0 amide bonds. The number of nitrogens with zero attached hydrogens (tertiary/aromatic N) is 1. The lowest BCUT2D eigenvalue weighted by Gasteiger charge is -2.23. The van der Waals surface area contributed by atoms with Crippen molar-refractivity contribution >= 4 is 17.6 Å². The average molecular weight is 285 g/mol. The molecule has 0 saturated carbocycles. The summed E-state index contributed by atoms with van der Waals surface area (Å²) in [7, 11) is 0. The number of hydrogen-bond donors (Lipinski definition) is 2. The summed E-state index contributed by atoms with van der Waals surface area (Å²) in [4.78, 5) is 23.3. The number of para-hydroxylation sites is 1. The van der Waals surface area contributed by atoms with Crippen LogP contribution in [0.3, 0.4) is 0 Å². The van der Waals surface area contributed by atoms with E-state index in [0.29, 0.717) is 5.69 Å². The normalized spacial score (nSPS) is 10.1. The van der Waals surface area contributed by atoms with Crippen LogP contribution in [0.1, 0.15) is 0 Å². The number of carbonyl (C=O) groups is 2. The molecule has 0 fully saturated rings. The van der Waals surface area contributed by atoms with Crippen molar-refractivity contribution in [3.8, 4) is 11.1 Å². The van der Waals surface area contributed by atoms with Crippen LogP contribution in [0.25, 0.3) is 11.1 Å². The van der Waals surface area contributed by atoms with Gasteiger partial charge >= 0.3 is 11.9 Å². The van der Waals surface area contributed by atoms with Crippen LogP contribution < -0.4 is 4.90 Å². The van der Waals surface area contributed by atoms with E-state index in [0.717, 1.165) is 11.1 Å². The lowest BCUT2D eigenvalue weighted by Crippen LogP contribution is -2.34. The molecule has 0 heterocycles. The van der Waals surface area contributed by atoms with Gasteiger partial charge in [0.2, 0.25) is 0 Å². The molecule has 21 heavy (non-hydrogen) atoms. The van der Waals surface area contributed by atoms with Gasteiger partial charge < -0.3 is 15.1 Å². The number of rotatable bonds is 6. The zero-order valence-electron chi connectivity index (χ0n) is 11.3. The highest BCUT2D eigenvalue weighted by Gasteiger charge is 2.17. The number of carboxylic acid groups (broad SMARTS) is 2. The number of anilines is 1. The van der Waals surface area contributed by atoms with Crippen LogP contribution in [-0.2, 0) is 9.59 Å². The predicted molar refractivity (Wildman–Crippen MR) is 79.4 cm³/mol. The first kappa shape index (κ1) is 14.6. The van der Waals surface area contributed by atoms with Gasteiger partial charge in [0, 0.05) is 11.3 Å². The van der Waals surface area contributed by atoms with Crippen molar-refractivity contribution in [3.63, 3.8) is 0 Å². The zero-order chi connectivity index (χ0) is 15.2. The Bertz CT molecular complexity index is 624. The smallest absolute Gasteiger partial charge is 0.323 e. The van der Waals surface area contributed by atoms with Gasteiger partial charge in [-0.2, -0.15) is 0 Å². The Morgan fingerprint density at radius 2 is 1.33 bits per heavy atom. The van der Waals surface area contributed by atoms with Crippen molar-refractivity contribution in [2.75, 3.05) is 18.0 Å². The molecule has 0 bridgehead atoms. The molecular weight excluding hydrogens is 270 g/mol. The van der Waals surface area contributed by atoms with Crippen molar-refractivity contribution in [3.05, 3.63) is 54.6 Å². The summed E-state index contributed by atoms with van der Waals surface area (Å²) >= 11 is 0. The standard InChI is InChI=1S/C16H15NO4/c18-15(19)10-17(11-16(20)21)14-9-5-4-8-13(14)12-6-2-1-3-7-12/h1-9H,10-11H2,(H,18,19)(H,20,21). The van der Waals surface area contributed by atoms with Crippen molar-refractivity contribution in [2.45, 2.75) is 0 Å². The fourth-order valence-electron chi connectivity index (χ4n) is 2.16. The fourth-order valence-corrected chi connectivity index (χ4v) is 2.16. The lowest BCUT2D eigenvalue weighted by atomic mass is 10.0. The Balaban J connectivity index is 2.45. The van der Waals surface area contributed by atoms with Crippen LogP contribution in [0.5, 0.6) is 0 Å². The van der Waals surface area contributed by atoms with E-state index in [9.17, 15) is 9.59 Å². The van der Waals surface area contributed by atoms with Crippen LogP contribution in [0.2, 0.25) is 0 Å². The highest BCUT2D eigenvalue weighted by atomic mass is 16.4. The summed E-state index contributed by atoms with van der Waals surface area (Å²) in [6, 6.07) is 16.6. The largest absolute Gasteiger partial charge is 0.480 e. The first-order valence-corrected chi connectivity index (χ1v) is 6.41. The van der Waals surface area contributed by atoms with Crippen molar-refractivity contribution in [1.29, 1.82) is 0 Å². The predicted octanol–water partition coefficient (Wildman–Crippen LogP) is 2.33. The molecule has 0 atom stereocenters. The fraction of sp³-hybridized carbons (Fsp3) is 0.125. The maximum Gasteiger partial charge on any atom is 0.323 e. The van der Waals surface area contributed by atoms with E-state index in [2.05, 4.69) is 0 Å². The van der Waals surface area contributed by atoms with E-state index >= 15 is 0 Å². The average Bonchev–Trinajstić information content (AvgIpc) is 2.46. The molecule has 2 aromatic rings. The number of aliphatic carboxylic acids is 2. The maximum absolute atomic E-state index is 11.0. The first-order valence-electron chi connectivity index (χ1n) is 6.41. The molecule has 2 N–H and O–H groups in total. The third-order valence-corrected chi connectivity index (χ3v) is 2.98. The minimum atomic E-state index is -1.07. The van der Waals surface area contributed by atoms with Gasteiger partial charge in [-0.15, -0.1) is 0 Å². The zero-order valence-corrected chi connectivity index (χ0v) is 11.3. The maximum atomic E-state index is 11.0. The van der Waals surface area contributed by atoms with Gasteiger partial charge in [-0.3, -0.25) is 9.59 Å². The molecule has 2 aromatic carbocycles. The lowest BCUT2D eigenvalue weighted by molar-refractivity contribution is -0.136. The minimum absolute atomic E-state index is 0.365. The molecule has 5 heteroatoms. The van der Waals surface area contributed by atoms with Crippen LogP contribution in [-0.4, -0.2) is 35.2 Å². The van der Waals surface area contributed by atoms with Gasteiger partial charge in [-0.1, -0.05) is 48.5 Å². The van der Waals surface area contributed by atoms with Crippen LogP contribution >= 0.6 is 0 Å². The molecule has 0 spiro atoms. The van der Waals surface area contributed by atoms with Crippen LogP contribution in [0.4, 0.5) is 5.69 Å². The van der Waals surface area contributed by atoms with Crippen molar-refractivity contribution in [1.82, 2.24) is 0 Å². The molecule has 0 unspecified atom stereocenters. The molecule has 0 radical (unpaired) electrons. The second-order valence-corrected chi connectivity index (χ2v) is 4.53. The quantitative estimate of drug-likeness (QED) is 0.851. The SMILES string of the molecule is O=C(O)CN(CC(=O)O)c1ccccc1-c1ccccc1. The Morgan fingerprint density at radius 3 is 1.90 bits per heavy atom. The number of benzene rings is 2. The van der Waals surface area contributed by atoms with Gasteiger partial charge in [-0.25, -0.2) is 0 Å². The molecule has 5 nitrogen and oxygen atoms in total. The summed E-state index contributed by atoms with van der Waals surface area (Å²) in [6.45, 7) is -0.730. The highest BCUT2D eigenvalue weighted by Crippen LogP contribution is 2.30. The van der Waals surface area contributed by atoms with Crippen molar-refractivity contribution in [2.24, 2.45) is 0 Å². The minimum Gasteiger partial charge on any atom is -0.480 e. The van der Waals surface area contributed by atoms with E-state index in [-0.39, 0.29) is 13.1 Å². The molecule has 2 rings (SSSR count). The third-order valence-electron chi connectivity index (χ3n) is 2.98. The summed E-state index contributed by atoms with van der Waals surface area (Å²) in [5, 5.41) is 18.0. The topological polar surface area (TPSA) is 77.8 Å². The molecule has 0 aromatic heterocycles. The second kappa shape index (κ2) is 6.56. The highest BCUT2D eigenvalue weighted by molar-refractivity contribution is 5.85. The monoisotopic (exact) mass is 285 g/mol. The Labute approximate surface area is 122 Å². The van der Waals surface area contributed by atoms with E-state index in [1.807, 2.05) is 42.5 Å². The molecular formula is C16H15NO4. The van der Waals surface area contributed by atoms with Crippen LogP contribution in [0, 0.1) is 0 Å². The van der Waals surface area contributed by atoms with E-state index < -0.39 is 11.9 Å². The number of hydrogen-bond acceptors (Lipinski definition) is 3. The Kier molecular flexibility index (Phi) is 4.56. The van der Waals surface area contributed by atoms with Gasteiger partial charge in [0.05, 0.1) is 0 Å². The number of carboxylic acids is 2. The van der Waals surface area contributed by atoms with Crippen molar-refractivity contribution < 1.29 is 19.8 Å². The first-order chi connectivity index (χ1) is 10.1. The summed E-state index contributed by atoms with van der Waals surface area (Å²) < 4.78 is 0. The van der Waals surface area contributed by atoms with Gasteiger partial charge in [-0.05, 0) is 11.6 Å². The Hall–Kier alpha value is -2.82. The molecule has 0 aliphatic rings. The molecule has 0 saturated heterocycles. The van der Waals surface area contributed by atoms with E-state index in [4.69, 9.17) is 10.2 Å². The summed E-state index contributed by atoms with van der Waals surface area (Å²) in [5.74, 6) is -2.14. The summed E-state index contributed by atoms with van der Waals surface area (Å²) in [6.07, 6.45) is 0. The second-order valence-electron chi connectivity index (χ2n) is 4.53. The molecule has 108 valence electrons. The van der Waals surface area contributed by atoms with Crippen LogP contribution in [0.15, 0.2) is 54.6 Å². The molecule has 0 aliphatic carbocycles. The molecule has 0 aliphatic heterocycles.